The number of carbonyl (C=O) groups excluding carboxylic acids is 2. The van der Waals surface area contributed by atoms with Gasteiger partial charge in [0.25, 0.3) is 5.91 Å². The molecule has 1 amide bonds. The Balaban J connectivity index is 2.73. The highest BCUT2D eigenvalue weighted by Crippen LogP contribution is 2.07. The molecule has 1 rings (SSSR count). The number of aliphatic hydroxyl groups is 1. The Hall–Kier alpha value is -2.15. The molecule has 0 aliphatic rings. The van der Waals surface area contributed by atoms with E-state index in [1.54, 1.807) is 7.05 Å². The molecule has 7 heteroatoms. The predicted molar refractivity (Wildman–Crippen MR) is 61.4 cm³/mol. The third-order valence-corrected chi connectivity index (χ3v) is 2.39. The molecule has 7 nitrogen and oxygen atoms in total. The highest BCUT2D eigenvalue weighted by atomic mass is 16.4. The second-order valence-corrected chi connectivity index (χ2v) is 3.85. The highest BCUT2D eigenvalue weighted by molar-refractivity contribution is 5.99. The van der Waals surface area contributed by atoms with Crippen LogP contribution in [0.2, 0.25) is 0 Å². The lowest BCUT2D eigenvalue weighted by molar-refractivity contribution is -0.146. The van der Waals surface area contributed by atoms with Gasteiger partial charge in [-0.1, -0.05) is 0 Å². The molecular formula is C11H14N2O5. The first-order valence-electron chi connectivity index (χ1n) is 5.19. The van der Waals surface area contributed by atoms with E-state index < -0.39 is 24.5 Å². The minimum absolute atomic E-state index is 0.171. The average Bonchev–Trinajstić information content (AvgIpc) is 2.67. The summed E-state index contributed by atoms with van der Waals surface area (Å²) in [7, 11) is 1.59. The number of nitrogens with one attached hydrogen (secondary N) is 1. The number of aliphatic carboxylic acids is 1. The lowest BCUT2D eigenvalue weighted by atomic mass is 10.2. The molecule has 1 aromatic rings. The van der Waals surface area contributed by atoms with E-state index in [9.17, 15) is 14.4 Å². The monoisotopic (exact) mass is 254 g/mol. The zero-order valence-corrected chi connectivity index (χ0v) is 10.0. The number of rotatable bonds is 5. The van der Waals surface area contributed by atoms with E-state index in [-0.39, 0.29) is 11.5 Å². The predicted octanol–water partition coefficient (Wildman–Crippen LogP) is -0.597. The van der Waals surface area contributed by atoms with E-state index in [1.807, 2.05) is 0 Å². The van der Waals surface area contributed by atoms with Crippen molar-refractivity contribution >= 4 is 17.7 Å². The maximum atomic E-state index is 11.7. The molecule has 18 heavy (non-hydrogen) atoms. The lowest BCUT2D eigenvalue weighted by Gasteiger charge is -2.08. The van der Waals surface area contributed by atoms with Crippen molar-refractivity contribution in [1.29, 1.82) is 0 Å². The number of aryl methyl sites for hydroxylation is 1. The van der Waals surface area contributed by atoms with Crippen molar-refractivity contribution in [3.8, 4) is 0 Å². The minimum Gasteiger partial charge on any atom is -0.479 e. The average molecular weight is 254 g/mol. The van der Waals surface area contributed by atoms with Crippen LogP contribution >= 0.6 is 0 Å². The van der Waals surface area contributed by atoms with E-state index >= 15 is 0 Å². The minimum atomic E-state index is -1.65. The zero-order valence-electron chi connectivity index (χ0n) is 10.0. The molecule has 0 aliphatic heterocycles. The van der Waals surface area contributed by atoms with E-state index in [0.29, 0.717) is 5.56 Å². The fourth-order valence-corrected chi connectivity index (χ4v) is 1.35. The molecule has 0 fully saturated rings. The highest BCUT2D eigenvalue weighted by Gasteiger charge is 2.17. The summed E-state index contributed by atoms with van der Waals surface area (Å²) in [5.41, 5.74) is 0.610. The molecule has 1 atom stereocenters. The van der Waals surface area contributed by atoms with Gasteiger partial charge < -0.3 is 20.1 Å². The molecule has 98 valence electrons. The second kappa shape index (κ2) is 5.46. The number of aliphatic hydroxyl groups excluding tert-OH is 1. The van der Waals surface area contributed by atoms with Crippen LogP contribution < -0.4 is 5.32 Å². The summed E-state index contributed by atoms with van der Waals surface area (Å²) in [4.78, 5) is 33.2. The number of ketones is 1. The van der Waals surface area contributed by atoms with Crippen LogP contribution in [0.1, 0.15) is 27.8 Å². The Labute approximate surface area is 103 Å². The number of hydrogen-bond acceptors (Lipinski definition) is 4. The molecule has 0 unspecified atom stereocenters. The molecule has 0 saturated carbocycles. The summed E-state index contributed by atoms with van der Waals surface area (Å²) in [6, 6.07) is 1.41. The van der Waals surface area contributed by atoms with Gasteiger partial charge in [0.1, 0.15) is 5.69 Å². The van der Waals surface area contributed by atoms with Crippen molar-refractivity contribution < 1.29 is 24.6 Å². The molecule has 1 aromatic heterocycles. The molecule has 0 radical (unpaired) electrons. The standard InChI is InChI=1S/C11H14N2O5/c1-6(14)7-3-8(13(2)5-7)10(16)12-4-9(15)11(17)18/h3,5,9,15H,4H2,1-2H3,(H,12,16)(H,17,18)/t9-/m0/s1. The molecule has 0 spiro atoms. The number of carbonyl (C=O) groups is 3. The molecular weight excluding hydrogens is 240 g/mol. The molecule has 0 aromatic carbocycles. The first-order valence-corrected chi connectivity index (χ1v) is 5.19. The van der Waals surface area contributed by atoms with Gasteiger partial charge >= 0.3 is 5.97 Å². The smallest absolute Gasteiger partial charge is 0.334 e. The molecule has 0 aliphatic carbocycles. The summed E-state index contributed by atoms with van der Waals surface area (Å²) in [5.74, 6) is -2.13. The Kier molecular flexibility index (Phi) is 4.22. The van der Waals surface area contributed by atoms with Gasteiger partial charge in [-0.05, 0) is 13.0 Å². The Bertz CT molecular complexity index is 492. The van der Waals surface area contributed by atoms with Gasteiger partial charge in [0.2, 0.25) is 0 Å². The zero-order chi connectivity index (χ0) is 13.9. The Morgan fingerprint density at radius 1 is 1.44 bits per heavy atom. The quantitative estimate of drug-likeness (QED) is 0.608. The van der Waals surface area contributed by atoms with Crippen molar-refractivity contribution in [2.75, 3.05) is 6.54 Å². The summed E-state index contributed by atoms with van der Waals surface area (Å²) in [5, 5.41) is 19.7. The number of carboxylic acids is 1. The van der Waals surface area contributed by atoms with Crippen LogP contribution in [0.5, 0.6) is 0 Å². The number of amides is 1. The first kappa shape index (κ1) is 13.9. The van der Waals surface area contributed by atoms with E-state index in [1.165, 1.54) is 23.8 Å². The van der Waals surface area contributed by atoms with Gasteiger partial charge in [0, 0.05) is 18.8 Å². The molecule has 0 bridgehead atoms. The van der Waals surface area contributed by atoms with Crippen LogP contribution in [0.15, 0.2) is 12.3 Å². The van der Waals surface area contributed by atoms with Crippen LogP contribution in [0.3, 0.4) is 0 Å². The summed E-state index contributed by atoms with van der Waals surface area (Å²) in [6.07, 6.45) is -0.147. The number of nitrogens with zero attached hydrogens (tertiary/aromatic N) is 1. The SMILES string of the molecule is CC(=O)c1cc(C(=O)NC[C@H](O)C(=O)O)n(C)c1. The van der Waals surface area contributed by atoms with Gasteiger partial charge in [0.05, 0.1) is 6.54 Å². The normalized spacial score (nSPS) is 11.9. The first-order chi connectivity index (χ1) is 8.32. The number of carboxylic acid groups (broad SMARTS) is 1. The Morgan fingerprint density at radius 2 is 2.06 bits per heavy atom. The second-order valence-electron chi connectivity index (χ2n) is 3.85. The van der Waals surface area contributed by atoms with Gasteiger partial charge in [-0.3, -0.25) is 9.59 Å². The van der Waals surface area contributed by atoms with Crippen molar-refractivity contribution in [3.63, 3.8) is 0 Å². The fraction of sp³-hybridized carbons (Fsp3) is 0.364. The van der Waals surface area contributed by atoms with Gasteiger partial charge in [-0.2, -0.15) is 0 Å². The van der Waals surface area contributed by atoms with Crippen molar-refractivity contribution in [2.45, 2.75) is 13.0 Å². The van der Waals surface area contributed by atoms with Crippen molar-refractivity contribution in [1.82, 2.24) is 9.88 Å². The van der Waals surface area contributed by atoms with Crippen molar-refractivity contribution in [2.24, 2.45) is 7.05 Å². The van der Waals surface area contributed by atoms with E-state index in [0.717, 1.165) is 0 Å². The van der Waals surface area contributed by atoms with Gasteiger partial charge in [-0.15, -0.1) is 0 Å². The van der Waals surface area contributed by atoms with E-state index in [4.69, 9.17) is 10.2 Å². The van der Waals surface area contributed by atoms with Crippen LogP contribution in [0.4, 0.5) is 0 Å². The topological polar surface area (TPSA) is 109 Å². The van der Waals surface area contributed by atoms with Crippen LogP contribution in [-0.4, -0.2) is 45.1 Å². The molecule has 1 heterocycles. The summed E-state index contributed by atoms with van der Waals surface area (Å²) < 4.78 is 1.46. The third-order valence-electron chi connectivity index (χ3n) is 2.39. The maximum absolute atomic E-state index is 11.7. The summed E-state index contributed by atoms with van der Waals surface area (Å²) in [6.45, 7) is 0.986. The van der Waals surface area contributed by atoms with E-state index in [2.05, 4.69) is 5.32 Å². The molecule has 3 N–H and O–H groups in total. The number of aromatic nitrogens is 1. The number of hydrogen-bond donors (Lipinski definition) is 3. The number of Topliss-reactive ketones (excluding diaryl/α,β-unsaturated/α-hetero) is 1. The van der Waals surface area contributed by atoms with Gasteiger partial charge in [0.15, 0.2) is 11.9 Å². The van der Waals surface area contributed by atoms with Crippen LogP contribution in [-0.2, 0) is 11.8 Å². The Morgan fingerprint density at radius 3 is 2.50 bits per heavy atom. The van der Waals surface area contributed by atoms with Crippen molar-refractivity contribution in [3.05, 3.63) is 23.5 Å². The van der Waals surface area contributed by atoms with Crippen LogP contribution in [0, 0.1) is 0 Å². The maximum Gasteiger partial charge on any atom is 0.334 e. The fourth-order valence-electron chi connectivity index (χ4n) is 1.35. The van der Waals surface area contributed by atoms with Gasteiger partial charge in [-0.25, -0.2) is 4.79 Å². The molecule has 0 saturated heterocycles. The van der Waals surface area contributed by atoms with Crippen LogP contribution in [0.25, 0.3) is 0 Å². The largest absolute Gasteiger partial charge is 0.479 e. The lowest BCUT2D eigenvalue weighted by Crippen LogP contribution is -2.37. The third kappa shape index (κ3) is 3.17. The summed E-state index contributed by atoms with van der Waals surface area (Å²) >= 11 is 0.